The van der Waals surface area contributed by atoms with Crippen LogP contribution >= 0.6 is 0 Å². The molecule has 0 aliphatic carbocycles. The van der Waals surface area contributed by atoms with Crippen LogP contribution < -0.4 is 16.4 Å². The van der Waals surface area contributed by atoms with E-state index < -0.39 is 16.0 Å². The van der Waals surface area contributed by atoms with Gasteiger partial charge in [0.15, 0.2) is 0 Å². The summed E-state index contributed by atoms with van der Waals surface area (Å²) in [4.78, 5) is 37.9. The van der Waals surface area contributed by atoms with E-state index in [1.807, 2.05) is 0 Å². The predicted octanol–water partition coefficient (Wildman–Crippen LogP) is 0.483. The van der Waals surface area contributed by atoms with Crippen LogP contribution in [0, 0.1) is 10.1 Å². The van der Waals surface area contributed by atoms with Crippen molar-refractivity contribution in [1.29, 1.82) is 0 Å². The van der Waals surface area contributed by atoms with E-state index in [1.165, 1.54) is 6.07 Å². The van der Waals surface area contributed by atoms with E-state index in [1.54, 1.807) is 0 Å². The molecule has 1 aromatic carbocycles. The van der Waals surface area contributed by atoms with Gasteiger partial charge in [-0.05, 0) is 18.4 Å². The second-order valence-corrected chi connectivity index (χ2v) is 4.38. The maximum Gasteiger partial charge on any atom is 0.314 e. The number of anilines is 1. The number of fused-ring (bicyclic) bond motifs is 3. The highest BCUT2D eigenvalue weighted by molar-refractivity contribution is 5.96. The highest BCUT2D eigenvalue weighted by Crippen LogP contribution is 2.33. The molecule has 0 unspecified atom stereocenters. The van der Waals surface area contributed by atoms with Gasteiger partial charge < -0.3 is 15.3 Å². The van der Waals surface area contributed by atoms with Crippen LogP contribution in [0.25, 0.3) is 11.0 Å². The van der Waals surface area contributed by atoms with E-state index in [-0.39, 0.29) is 16.7 Å². The number of aryl methyl sites for hydroxylation is 1. The molecule has 0 saturated heterocycles. The van der Waals surface area contributed by atoms with E-state index in [0.717, 1.165) is 18.5 Å². The van der Waals surface area contributed by atoms with E-state index in [9.17, 15) is 19.7 Å². The number of hydrogen-bond acceptors (Lipinski definition) is 5. The molecule has 0 radical (unpaired) electrons. The van der Waals surface area contributed by atoms with Gasteiger partial charge in [0, 0.05) is 12.6 Å². The standard InChI is InChI=1S/C11H10N4O4/c16-10-11(17)14-9-7-5(2-1-3-12-7)4-6(15(18)19)8(9)13-10/h4,12H,1-3H2,(H,13,16)(H,14,17). The molecule has 0 atom stereocenters. The second kappa shape index (κ2) is 3.94. The molecular weight excluding hydrogens is 252 g/mol. The first-order chi connectivity index (χ1) is 9.08. The highest BCUT2D eigenvalue weighted by Gasteiger charge is 2.22. The lowest BCUT2D eigenvalue weighted by atomic mass is 10.0. The molecule has 3 rings (SSSR count). The Labute approximate surface area is 105 Å². The molecule has 1 aliphatic rings. The molecule has 2 heterocycles. The Kier molecular flexibility index (Phi) is 2.37. The lowest BCUT2D eigenvalue weighted by Crippen LogP contribution is -2.30. The molecule has 0 bridgehead atoms. The summed E-state index contributed by atoms with van der Waals surface area (Å²) in [5.41, 5.74) is -0.163. The Morgan fingerprint density at radius 3 is 2.53 bits per heavy atom. The SMILES string of the molecule is O=c1[nH]c2c([N+](=O)[O-])cc3c(c2[nH]c1=O)NCCC3. The number of rotatable bonds is 1. The fraction of sp³-hybridized carbons (Fsp3) is 0.273. The largest absolute Gasteiger partial charge is 0.383 e. The van der Waals surface area contributed by atoms with Gasteiger partial charge in [-0.1, -0.05) is 0 Å². The molecule has 1 aliphatic heterocycles. The zero-order valence-electron chi connectivity index (χ0n) is 9.78. The molecule has 0 amide bonds. The van der Waals surface area contributed by atoms with E-state index in [2.05, 4.69) is 15.3 Å². The number of hydrogen-bond donors (Lipinski definition) is 3. The molecule has 8 heteroatoms. The van der Waals surface area contributed by atoms with Gasteiger partial charge in [-0.25, -0.2) is 0 Å². The van der Waals surface area contributed by atoms with Crippen molar-refractivity contribution in [3.05, 3.63) is 42.5 Å². The number of nitrogens with zero attached hydrogens (tertiary/aromatic N) is 1. The van der Waals surface area contributed by atoms with Crippen LogP contribution in [-0.4, -0.2) is 21.4 Å². The van der Waals surface area contributed by atoms with Gasteiger partial charge in [-0.2, -0.15) is 0 Å². The molecule has 8 nitrogen and oxygen atoms in total. The molecule has 3 N–H and O–H groups in total. The maximum atomic E-state index is 11.4. The molecule has 0 fully saturated rings. The quantitative estimate of drug-likeness (QED) is 0.392. The Morgan fingerprint density at radius 2 is 1.84 bits per heavy atom. The Morgan fingerprint density at radius 1 is 1.16 bits per heavy atom. The lowest BCUT2D eigenvalue weighted by Gasteiger charge is -2.19. The smallest absolute Gasteiger partial charge is 0.314 e. The Balaban J connectivity index is 2.50. The molecular formula is C11H10N4O4. The van der Waals surface area contributed by atoms with Crippen LogP contribution in [0.15, 0.2) is 15.7 Å². The van der Waals surface area contributed by atoms with E-state index >= 15 is 0 Å². The maximum absolute atomic E-state index is 11.4. The van der Waals surface area contributed by atoms with Gasteiger partial charge in [0.2, 0.25) is 0 Å². The Bertz CT molecular complexity index is 805. The fourth-order valence-electron chi connectivity index (χ4n) is 2.35. The molecule has 0 saturated carbocycles. The number of nitro benzene ring substituents is 1. The summed E-state index contributed by atoms with van der Waals surface area (Å²) >= 11 is 0. The third kappa shape index (κ3) is 1.68. The number of H-pyrrole nitrogens is 2. The van der Waals surface area contributed by atoms with Crippen molar-refractivity contribution in [2.24, 2.45) is 0 Å². The van der Waals surface area contributed by atoms with Crippen molar-refractivity contribution in [1.82, 2.24) is 9.97 Å². The van der Waals surface area contributed by atoms with Crippen LogP contribution in [0.5, 0.6) is 0 Å². The van der Waals surface area contributed by atoms with Crippen molar-refractivity contribution in [3.63, 3.8) is 0 Å². The third-order valence-corrected chi connectivity index (χ3v) is 3.19. The topological polar surface area (TPSA) is 121 Å². The summed E-state index contributed by atoms with van der Waals surface area (Å²) in [5.74, 6) is 0. The van der Waals surface area contributed by atoms with Crippen LogP contribution in [-0.2, 0) is 6.42 Å². The molecule has 98 valence electrons. The van der Waals surface area contributed by atoms with Gasteiger partial charge in [-0.15, -0.1) is 0 Å². The highest BCUT2D eigenvalue weighted by atomic mass is 16.6. The van der Waals surface area contributed by atoms with Crippen molar-refractivity contribution < 1.29 is 4.92 Å². The second-order valence-electron chi connectivity index (χ2n) is 4.38. The van der Waals surface area contributed by atoms with Gasteiger partial charge in [0.1, 0.15) is 5.52 Å². The number of nitro groups is 1. The fourth-order valence-corrected chi connectivity index (χ4v) is 2.35. The monoisotopic (exact) mass is 262 g/mol. The average Bonchev–Trinajstić information content (AvgIpc) is 2.39. The van der Waals surface area contributed by atoms with Gasteiger partial charge in [0.05, 0.1) is 16.1 Å². The van der Waals surface area contributed by atoms with Crippen LogP contribution in [0.2, 0.25) is 0 Å². The summed E-state index contributed by atoms with van der Waals surface area (Å²) in [7, 11) is 0. The van der Waals surface area contributed by atoms with Gasteiger partial charge in [0.25, 0.3) is 5.69 Å². The summed E-state index contributed by atoms with van der Waals surface area (Å²) in [6, 6.07) is 1.44. The Hall–Kier alpha value is -2.64. The predicted molar refractivity (Wildman–Crippen MR) is 68.7 cm³/mol. The normalized spacial score (nSPS) is 13.9. The van der Waals surface area contributed by atoms with Crippen LogP contribution in [0.1, 0.15) is 12.0 Å². The third-order valence-electron chi connectivity index (χ3n) is 3.19. The number of aromatic nitrogens is 2. The minimum atomic E-state index is -0.897. The number of aromatic amines is 2. The molecule has 0 spiro atoms. The van der Waals surface area contributed by atoms with E-state index in [4.69, 9.17) is 0 Å². The lowest BCUT2D eigenvalue weighted by molar-refractivity contribution is -0.383. The first kappa shape index (κ1) is 11.5. The van der Waals surface area contributed by atoms with E-state index in [0.29, 0.717) is 12.1 Å². The average molecular weight is 262 g/mol. The van der Waals surface area contributed by atoms with Crippen LogP contribution in [0.4, 0.5) is 11.4 Å². The van der Waals surface area contributed by atoms with Crippen molar-refractivity contribution in [2.75, 3.05) is 11.9 Å². The zero-order valence-corrected chi connectivity index (χ0v) is 9.78. The number of non-ortho nitro benzene ring substituents is 1. The van der Waals surface area contributed by atoms with Crippen molar-refractivity contribution >= 4 is 22.4 Å². The minimum Gasteiger partial charge on any atom is -0.383 e. The van der Waals surface area contributed by atoms with Gasteiger partial charge >= 0.3 is 11.1 Å². The number of nitrogens with one attached hydrogen (secondary N) is 3. The minimum absolute atomic E-state index is 0.0442. The molecule has 19 heavy (non-hydrogen) atoms. The summed E-state index contributed by atoms with van der Waals surface area (Å²) < 4.78 is 0. The summed E-state index contributed by atoms with van der Waals surface area (Å²) in [6.45, 7) is 0.723. The summed E-state index contributed by atoms with van der Waals surface area (Å²) in [5, 5.41) is 14.2. The first-order valence-corrected chi connectivity index (χ1v) is 5.78. The first-order valence-electron chi connectivity index (χ1n) is 5.78. The summed E-state index contributed by atoms with van der Waals surface area (Å²) in [6.07, 6.45) is 1.56. The van der Waals surface area contributed by atoms with Crippen molar-refractivity contribution in [2.45, 2.75) is 12.8 Å². The van der Waals surface area contributed by atoms with Crippen LogP contribution in [0.3, 0.4) is 0 Å². The van der Waals surface area contributed by atoms with Gasteiger partial charge in [-0.3, -0.25) is 19.7 Å². The molecule has 2 aromatic rings. The number of benzene rings is 1. The molecule has 1 aromatic heterocycles. The zero-order chi connectivity index (χ0) is 13.6. The van der Waals surface area contributed by atoms with Crippen molar-refractivity contribution in [3.8, 4) is 0 Å².